The zero-order chi connectivity index (χ0) is 10.2. The molecule has 1 atom stereocenters. The lowest BCUT2D eigenvalue weighted by Crippen LogP contribution is -1.87. The predicted octanol–water partition coefficient (Wildman–Crippen LogP) is 3.75. The summed E-state index contributed by atoms with van der Waals surface area (Å²) >= 11 is 0. The first-order valence-electron chi connectivity index (χ1n) is 4.94. The van der Waals surface area contributed by atoms with Crippen LogP contribution in [0.25, 0.3) is 0 Å². The predicted molar refractivity (Wildman–Crippen MR) is 58.6 cm³/mol. The second-order valence-electron chi connectivity index (χ2n) is 3.16. The number of hydrogen-bond donors (Lipinski definition) is 0. The summed E-state index contributed by atoms with van der Waals surface area (Å²) in [6, 6.07) is 9.79. The lowest BCUT2D eigenvalue weighted by molar-refractivity contribution is 0.320. The fourth-order valence-electron chi connectivity index (χ4n) is 1.09. The minimum absolute atomic E-state index is 0.528. The topological polar surface area (TPSA) is 26.3 Å². The molecule has 2 nitrogen and oxygen atoms in total. The lowest BCUT2D eigenvalue weighted by Gasteiger charge is -1.91. The van der Waals surface area contributed by atoms with E-state index >= 15 is 0 Å². The molecule has 1 aromatic carbocycles. The third-order valence-electron chi connectivity index (χ3n) is 1.89. The molecule has 1 rings (SSSR count). The van der Waals surface area contributed by atoms with Crippen LogP contribution in [0.4, 0.5) is 0 Å². The SMILES string of the molecule is CCCCO[P+](=O)Cc1ccccc1. The van der Waals surface area contributed by atoms with Crippen LogP contribution in [0.2, 0.25) is 0 Å². The quantitative estimate of drug-likeness (QED) is 0.529. The van der Waals surface area contributed by atoms with Gasteiger partial charge in [0.25, 0.3) is 0 Å². The van der Waals surface area contributed by atoms with Crippen LogP contribution in [0.5, 0.6) is 0 Å². The Morgan fingerprint density at radius 1 is 1.29 bits per heavy atom. The molecular weight excluding hydrogens is 195 g/mol. The molecule has 0 spiro atoms. The second-order valence-corrected chi connectivity index (χ2v) is 4.40. The minimum Gasteiger partial charge on any atom is -0.146 e. The first-order chi connectivity index (χ1) is 6.83. The molecular formula is C11H16O2P+. The summed E-state index contributed by atoms with van der Waals surface area (Å²) < 4.78 is 16.6. The van der Waals surface area contributed by atoms with Gasteiger partial charge in [0.05, 0.1) is 0 Å². The Kier molecular flexibility index (Phi) is 5.43. The van der Waals surface area contributed by atoms with Crippen molar-refractivity contribution >= 4 is 8.03 Å². The molecule has 0 N–H and O–H groups in total. The molecule has 1 unspecified atom stereocenters. The van der Waals surface area contributed by atoms with E-state index in [1.165, 1.54) is 0 Å². The Morgan fingerprint density at radius 2 is 2.00 bits per heavy atom. The summed E-state index contributed by atoms with van der Waals surface area (Å²) in [6.07, 6.45) is 2.59. The van der Waals surface area contributed by atoms with E-state index < -0.39 is 8.03 Å². The first-order valence-corrected chi connectivity index (χ1v) is 6.30. The van der Waals surface area contributed by atoms with Gasteiger partial charge in [0.1, 0.15) is 6.61 Å². The molecule has 76 valence electrons. The first kappa shape index (κ1) is 11.4. The summed E-state index contributed by atoms with van der Waals surface area (Å²) in [6.45, 7) is 2.70. The highest BCUT2D eigenvalue weighted by atomic mass is 31.1. The average Bonchev–Trinajstić information content (AvgIpc) is 2.20. The van der Waals surface area contributed by atoms with Gasteiger partial charge in [-0.25, -0.2) is 0 Å². The summed E-state index contributed by atoms with van der Waals surface area (Å²) in [7, 11) is -1.52. The Labute approximate surface area is 86.2 Å². The van der Waals surface area contributed by atoms with Gasteiger partial charge in [0, 0.05) is 5.56 Å². The van der Waals surface area contributed by atoms with Gasteiger partial charge in [-0.3, -0.25) is 0 Å². The van der Waals surface area contributed by atoms with E-state index in [0.717, 1.165) is 18.4 Å². The Morgan fingerprint density at radius 3 is 2.64 bits per heavy atom. The molecule has 0 radical (unpaired) electrons. The van der Waals surface area contributed by atoms with Crippen molar-refractivity contribution in [2.24, 2.45) is 0 Å². The number of benzene rings is 1. The van der Waals surface area contributed by atoms with E-state index in [4.69, 9.17) is 4.52 Å². The normalized spacial score (nSPS) is 11.4. The highest BCUT2D eigenvalue weighted by molar-refractivity contribution is 7.38. The van der Waals surface area contributed by atoms with Gasteiger partial charge in [-0.15, -0.1) is 4.52 Å². The van der Waals surface area contributed by atoms with Crippen molar-refractivity contribution in [1.82, 2.24) is 0 Å². The Balaban J connectivity index is 2.27. The molecule has 0 bridgehead atoms. The van der Waals surface area contributed by atoms with Gasteiger partial charge in [0.2, 0.25) is 6.16 Å². The highest BCUT2D eigenvalue weighted by Gasteiger charge is 2.17. The molecule has 14 heavy (non-hydrogen) atoms. The van der Waals surface area contributed by atoms with Crippen LogP contribution in [0.15, 0.2) is 30.3 Å². The van der Waals surface area contributed by atoms with Crippen molar-refractivity contribution in [2.75, 3.05) is 6.61 Å². The van der Waals surface area contributed by atoms with E-state index in [9.17, 15) is 4.57 Å². The van der Waals surface area contributed by atoms with Gasteiger partial charge in [-0.2, -0.15) is 0 Å². The van der Waals surface area contributed by atoms with Crippen LogP contribution in [-0.2, 0) is 15.3 Å². The van der Waals surface area contributed by atoms with Gasteiger partial charge in [0.15, 0.2) is 0 Å². The lowest BCUT2D eigenvalue weighted by atomic mass is 10.2. The fraction of sp³-hybridized carbons (Fsp3) is 0.455. The smallest absolute Gasteiger partial charge is 0.146 e. The molecule has 1 aromatic rings. The van der Waals surface area contributed by atoms with Crippen LogP contribution in [-0.4, -0.2) is 6.61 Å². The maximum absolute atomic E-state index is 11.4. The van der Waals surface area contributed by atoms with Crippen LogP contribution in [0.1, 0.15) is 25.3 Å². The molecule has 0 aliphatic rings. The third kappa shape index (κ3) is 4.50. The largest absolute Gasteiger partial charge is 0.512 e. The summed E-state index contributed by atoms with van der Waals surface area (Å²) in [5, 5.41) is 0. The molecule has 0 saturated carbocycles. The number of hydrogen-bond acceptors (Lipinski definition) is 2. The van der Waals surface area contributed by atoms with Crippen molar-refractivity contribution < 1.29 is 9.09 Å². The molecule has 0 aromatic heterocycles. The molecule has 3 heteroatoms. The van der Waals surface area contributed by atoms with Crippen LogP contribution >= 0.6 is 8.03 Å². The highest BCUT2D eigenvalue weighted by Crippen LogP contribution is 2.27. The maximum Gasteiger partial charge on any atom is 0.512 e. The molecule has 0 saturated heterocycles. The number of unbranched alkanes of at least 4 members (excludes halogenated alkanes) is 1. The van der Waals surface area contributed by atoms with E-state index in [1.807, 2.05) is 30.3 Å². The van der Waals surface area contributed by atoms with Crippen LogP contribution in [0.3, 0.4) is 0 Å². The third-order valence-corrected chi connectivity index (χ3v) is 2.98. The van der Waals surface area contributed by atoms with Gasteiger partial charge in [-0.1, -0.05) is 43.7 Å². The zero-order valence-electron chi connectivity index (χ0n) is 8.48. The van der Waals surface area contributed by atoms with Crippen molar-refractivity contribution in [2.45, 2.75) is 25.9 Å². The summed E-state index contributed by atoms with van der Waals surface area (Å²) in [4.78, 5) is 0. The standard InChI is InChI=1S/C11H16O2P/c1-2-3-9-13-14(12)10-11-7-5-4-6-8-11/h4-8H,2-3,9-10H2,1H3/q+1. The van der Waals surface area contributed by atoms with Crippen LogP contribution in [0, 0.1) is 0 Å². The molecule has 0 fully saturated rings. The average molecular weight is 211 g/mol. The van der Waals surface area contributed by atoms with Gasteiger partial charge >= 0.3 is 8.03 Å². The van der Waals surface area contributed by atoms with Crippen LogP contribution < -0.4 is 0 Å². The number of rotatable bonds is 6. The van der Waals surface area contributed by atoms with Crippen molar-refractivity contribution in [3.8, 4) is 0 Å². The molecule has 0 heterocycles. The monoisotopic (exact) mass is 211 g/mol. The van der Waals surface area contributed by atoms with E-state index in [1.54, 1.807) is 0 Å². The van der Waals surface area contributed by atoms with Gasteiger partial charge in [-0.05, 0) is 11.0 Å². The fourth-order valence-corrected chi connectivity index (χ4v) is 2.02. The van der Waals surface area contributed by atoms with Crippen molar-refractivity contribution in [3.63, 3.8) is 0 Å². The van der Waals surface area contributed by atoms with E-state index in [2.05, 4.69) is 6.92 Å². The van der Waals surface area contributed by atoms with E-state index in [0.29, 0.717) is 12.8 Å². The Hall–Kier alpha value is -0.720. The zero-order valence-corrected chi connectivity index (χ0v) is 9.37. The second kappa shape index (κ2) is 6.69. The van der Waals surface area contributed by atoms with Gasteiger partial charge < -0.3 is 0 Å². The van der Waals surface area contributed by atoms with Crippen molar-refractivity contribution in [1.29, 1.82) is 0 Å². The van der Waals surface area contributed by atoms with E-state index in [-0.39, 0.29) is 0 Å². The summed E-state index contributed by atoms with van der Waals surface area (Å²) in [5.74, 6) is 0. The van der Waals surface area contributed by atoms with Crippen molar-refractivity contribution in [3.05, 3.63) is 35.9 Å². The molecule has 0 aliphatic heterocycles. The Bertz CT molecular complexity index is 272. The maximum atomic E-state index is 11.4. The molecule has 0 aliphatic carbocycles. The minimum atomic E-state index is -1.52. The summed E-state index contributed by atoms with van der Waals surface area (Å²) in [5.41, 5.74) is 1.07. The molecule has 0 amide bonds.